The number of halogens is 1. The molecule has 38 heavy (non-hydrogen) atoms. The van der Waals surface area contributed by atoms with E-state index in [0.717, 1.165) is 0 Å². The van der Waals surface area contributed by atoms with E-state index >= 15 is 4.39 Å². The van der Waals surface area contributed by atoms with Gasteiger partial charge in [-0.25, -0.2) is 27.8 Å². The molecule has 0 bridgehead atoms. The summed E-state index contributed by atoms with van der Waals surface area (Å²) in [6.45, 7) is 2.82. The maximum absolute atomic E-state index is 15.1. The third-order valence-corrected chi connectivity index (χ3v) is 8.36. The molecule has 1 aliphatic heterocycles. The van der Waals surface area contributed by atoms with Crippen molar-refractivity contribution in [1.29, 1.82) is 0 Å². The van der Waals surface area contributed by atoms with Crippen molar-refractivity contribution in [2.24, 2.45) is 0 Å². The first-order valence-electron chi connectivity index (χ1n) is 12.3. The van der Waals surface area contributed by atoms with Gasteiger partial charge in [-0.3, -0.25) is 14.5 Å². The van der Waals surface area contributed by atoms with Gasteiger partial charge >= 0.3 is 0 Å². The number of aromatic nitrogens is 4. The van der Waals surface area contributed by atoms with Crippen molar-refractivity contribution >= 4 is 27.6 Å². The summed E-state index contributed by atoms with van der Waals surface area (Å²) < 4.78 is 53.2. The van der Waals surface area contributed by atoms with E-state index in [1.54, 1.807) is 12.1 Å². The molecule has 5 rings (SSSR count). The summed E-state index contributed by atoms with van der Waals surface area (Å²) in [5.41, 5.74) is 0.0576. The first-order valence-corrected chi connectivity index (χ1v) is 13.8. The summed E-state index contributed by atoms with van der Waals surface area (Å²) >= 11 is 0. The van der Waals surface area contributed by atoms with Gasteiger partial charge in [0.1, 0.15) is 5.82 Å². The fourth-order valence-electron chi connectivity index (χ4n) is 4.31. The number of hydrogen-bond acceptors (Lipinski definition) is 9. The molecular formula is C25H27FN6O5S. The van der Waals surface area contributed by atoms with Crippen LogP contribution < -0.4 is 14.8 Å². The fraction of sp³-hybridized carbons (Fsp3) is 0.400. The third kappa shape index (κ3) is 5.43. The van der Waals surface area contributed by atoms with Gasteiger partial charge in [0, 0.05) is 25.0 Å². The molecule has 1 saturated carbocycles. The van der Waals surface area contributed by atoms with Gasteiger partial charge in [-0.2, -0.15) is 0 Å². The van der Waals surface area contributed by atoms with Crippen molar-refractivity contribution in [3.05, 3.63) is 54.4 Å². The lowest BCUT2D eigenvalue weighted by Crippen LogP contribution is -2.45. The number of hydrogen-bond donors (Lipinski definition) is 2. The summed E-state index contributed by atoms with van der Waals surface area (Å²) in [6.07, 6.45) is 6.12. The van der Waals surface area contributed by atoms with Crippen LogP contribution in [0.15, 0.2) is 42.9 Å². The zero-order valence-electron chi connectivity index (χ0n) is 20.7. The normalized spacial score (nSPS) is 17.0. The largest absolute Gasteiger partial charge is 0.477 e. The Morgan fingerprint density at radius 2 is 1.97 bits per heavy atom. The van der Waals surface area contributed by atoms with Crippen molar-refractivity contribution < 1.29 is 27.1 Å². The van der Waals surface area contributed by atoms with E-state index < -0.39 is 32.4 Å². The van der Waals surface area contributed by atoms with E-state index in [-0.39, 0.29) is 37.7 Å². The Kier molecular flexibility index (Phi) is 7.21. The average molecular weight is 543 g/mol. The first kappa shape index (κ1) is 25.9. The van der Waals surface area contributed by atoms with E-state index in [9.17, 15) is 13.2 Å². The highest BCUT2D eigenvalue weighted by Gasteiger charge is 2.44. The van der Waals surface area contributed by atoms with Crippen LogP contribution in [0.2, 0.25) is 0 Å². The Morgan fingerprint density at radius 3 is 2.68 bits per heavy atom. The molecule has 2 aliphatic rings. The molecule has 1 amide bonds. The van der Waals surface area contributed by atoms with Gasteiger partial charge in [0.25, 0.3) is 0 Å². The van der Waals surface area contributed by atoms with Gasteiger partial charge in [-0.15, -0.1) is 0 Å². The number of carbonyl (C=O) groups is 1. The van der Waals surface area contributed by atoms with Crippen LogP contribution in [-0.2, 0) is 25.0 Å². The number of rotatable bonds is 9. The number of carbonyl (C=O) groups excluding carboxylic acids is 1. The van der Waals surface area contributed by atoms with Crippen LogP contribution in [-0.4, -0.2) is 59.3 Å². The van der Waals surface area contributed by atoms with Crippen molar-refractivity contribution in [2.75, 3.05) is 29.9 Å². The topological polar surface area (TPSA) is 145 Å². The highest BCUT2D eigenvalue weighted by molar-refractivity contribution is 7.93. The molecule has 2 N–H and O–H groups in total. The molecule has 2 fully saturated rings. The summed E-state index contributed by atoms with van der Waals surface area (Å²) in [5.74, 6) is -0.894. The Labute approximate surface area is 219 Å². The summed E-state index contributed by atoms with van der Waals surface area (Å²) in [5, 5.41) is 2.25. The lowest BCUT2D eigenvalue weighted by molar-refractivity contribution is -0.125. The number of sulfonamides is 1. The molecule has 0 radical (unpaired) electrons. The molecule has 1 aromatic carbocycles. The molecule has 3 heterocycles. The quantitative estimate of drug-likeness (QED) is 0.417. The van der Waals surface area contributed by atoms with Gasteiger partial charge in [-0.05, 0) is 50.8 Å². The first-order chi connectivity index (χ1) is 18.3. The molecule has 3 aromatic rings. The van der Waals surface area contributed by atoms with Gasteiger partial charge < -0.3 is 14.8 Å². The molecule has 1 saturated heterocycles. The second kappa shape index (κ2) is 10.6. The van der Waals surface area contributed by atoms with E-state index in [4.69, 9.17) is 9.47 Å². The van der Waals surface area contributed by atoms with E-state index in [1.165, 1.54) is 30.7 Å². The molecule has 0 spiro atoms. The molecule has 200 valence electrons. The smallest absolute Gasteiger partial charge is 0.237 e. The Morgan fingerprint density at radius 1 is 1.18 bits per heavy atom. The van der Waals surface area contributed by atoms with E-state index in [2.05, 4.69) is 30.0 Å². The molecule has 1 aliphatic carbocycles. The predicted molar refractivity (Wildman–Crippen MR) is 137 cm³/mol. The summed E-state index contributed by atoms with van der Waals surface area (Å²) in [6, 6.07) is 5.93. The molecule has 0 unspecified atom stereocenters. The van der Waals surface area contributed by atoms with Gasteiger partial charge in [0.2, 0.25) is 27.8 Å². The van der Waals surface area contributed by atoms with Gasteiger partial charge in [-0.1, -0.05) is 6.07 Å². The van der Waals surface area contributed by atoms with Crippen LogP contribution in [0.1, 0.15) is 38.3 Å². The minimum absolute atomic E-state index is 0.0118. The van der Waals surface area contributed by atoms with Gasteiger partial charge in [0.15, 0.2) is 0 Å². The Balaban J connectivity index is 1.40. The van der Waals surface area contributed by atoms with E-state index in [0.29, 0.717) is 42.3 Å². The second-order valence-electron chi connectivity index (χ2n) is 9.13. The third-order valence-electron chi connectivity index (χ3n) is 6.54. The molecule has 0 atom stereocenters. The van der Waals surface area contributed by atoms with Crippen molar-refractivity contribution in [1.82, 2.24) is 19.9 Å². The van der Waals surface area contributed by atoms with Crippen LogP contribution in [0.4, 0.5) is 16.0 Å². The minimum Gasteiger partial charge on any atom is -0.477 e. The van der Waals surface area contributed by atoms with Crippen LogP contribution in [0.25, 0.3) is 11.3 Å². The zero-order valence-corrected chi connectivity index (χ0v) is 21.5. The second-order valence-corrected chi connectivity index (χ2v) is 11.1. The Bertz CT molecular complexity index is 1440. The van der Waals surface area contributed by atoms with Crippen molar-refractivity contribution in [3.63, 3.8) is 0 Å². The van der Waals surface area contributed by atoms with Crippen LogP contribution >= 0.6 is 0 Å². The number of amides is 1. The number of nitrogens with one attached hydrogen (secondary N) is 2. The fourth-order valence-corrected chi connectivity index (χ4v) is 5.58. The highest BCUT2D eigenvalue weighted by atomic mass is 32.2. The monoisotopic (exact) mass is 542 g/mol. The molecular weight excluding hydrogens is 515 g/mol. The van der Waals surface area contributed by atoms with Crippen molar-refractivity contribution in [2.45, 2.75) is 43.3 Å². The van der Waals surface area contributed by atoms with Crippen LogP contribution in [0, 0.1) is 5.82 Å². The number of anilines is 2. The van der Waals surface area contributed by atoms with Crippen molar-refractivity contribution in [3.8, 4) is 17.1 Å². The lowest BCUT2D eigenvalue weighted by atomic mass is 9.76. The maximum atomic E-state index is 15.1. The average Bonchev–Trinajstić information content (AvgIpc) is 3.77. The van der Waals surface area contributed by atoms with Crippen LogP contribution in [0.5, 0.6) is 5.88 Å². The standard InChI is InChI=1S/C25H27FN6O5S/c1-2-37-22-15-27-14-20(29-22)16-3-6-19(18(26)13-16)30-23(33)25(8-11-36-12-9-25)21-7-10-28-24(31-21)32-38(34,35)17-4-5-17/h3,6-7,10,13-15,17H,2,4-5,8-9,11-12H2,1H3,(H,30,33)(H,28,31,32). The number of ether oxygens (including phenoxy) is 2. The molecule has 2 aromatic heterocycles. The Hall–Kier alpha value is -3.71. The lowest BCUT2D eigenvalue weighted by Gasteiger charge is -2.35. The minimum atomic E-state index is -3.58. The molecule has 13 heteroatoms. The van der Waals surface area contributed by atoms with Gasteiger partial charge in [0.05, 0.1) is 46.7 Å². The SMILES string of the molecule is CCOc1cncc(-c2ccc(NC(=O)C3(c4ccnc(NS(=O)(=O)C5CC5)n4)CCOCC3)c(F)c2)n1. The highest BCUT2D eigenvalue weighted by Crippen LogP contribution is 2.36. The number of nitrogens with zero attached hydrogens (tertiary/aromatic N) is 4. The predicted octanol–water partition coefficient (Wildman–Crippen LogP) is 3.06. The van der Waals surface area contributed by atoms with Crippen LogP contribution in [0.3, 0.4) is 0 Å². The maximum Gasteiger partial charge on any atom is 0.237 e. The summed E-state index contributed by atoms with van der Waals surface area (Å²) in [4.78, 5) is 30.5. The van der Waals surface area contributed by atoms with E-state index in [1.807, 2.05) is 6.92 Å². The molecule has 11 nitrogen and oxygen atoms in total. The number of benzene rings is 1. The summed E-state index contributed by atoms with van der Waals surface area (Å²) in [7, 11) is -3.58. The zero-order chi connectivity index (χ0) is 26.8.